The fourth-order valence-corrected chi connectivity index (χ4v) is 5.33. The van der Waals surface area contributed by atoms with E-state index in [0.29, 0.717) is 11.3 Å². The van der Waals surface area contributed by atoms with Crippen molar-refractivity contribution < 1.29 is 35.9 Å². The average Bonchev–Trinajstić information content (AvgIpc) is 2.87. The molecule has 0 saturated carbocycles. The van der Waals surface area contributed by atoms with E-state index in [0.717, 1.165) is 10.6 Å². The van der Waals surface area contributed by atoms with E-state index in [1.807, 2.05) is 0 Å². The molecule has 11 nitrogen and oxygen atoms in total. The van der Waals surface area contributed by atoms with E-state index in [4.69, 9.17) is 9.47 Å². The monoisotopic (exact) mass is 561 g/mol. The van der Waals surface area contributed by atoms with Gasteiger partial charge in [-0.25, -0.2) is 16.8 Å². The summed E-state index contributed by atoms with van der Waals surface area (Å²) in [5.41, 5.74) is 0.924. The molecule has 0 aromatic heterocycles. The fourth-order valence-electron chi connectivity index (χ4n) is 3.41. The number of hydrogen-bond acceptors (Lipinski definition) is 8. The number of rotatable bonds is 11. The van der Waals surface area contributed by atoms with Crippen molar-refractivity contribution in [3.8, 4) is 11.5 Å². The van der Waals surface area contributed by atoms with Crippen LogP contribution in [-0.4, -0.2) is 55.5 Å². The van der Waals surface area contributed by atoms with E-state index in [9.17, 15) is 26.4 Å². The molecule has 0 atom stereocenters. The third kappa shape index (κ3) is 7.01. The third-order valence-corrected chi connectivity index (χ3v) is 7.85. The van der Waals surface area contributed by atoms with Crippen molar-refractivity contribution in [2.75, 3.05) is 41.4 Å². The molecule has 202 valence electrons. The van der Waals surface area contributed by atoms with Crippen LogP contribution in [0.1, 0.15) is 17.3 Å². The summed E-state index contributed by atoms with van der Waals surface area (Å²) in [5, 5.41) is 2.55. The van der Waals surface area contributed by atoms with Gasteiger partial charge in [0.2, 0.25) is 15.9 Å². The van der Waals surface area contributed by atoms with Crippen LogP contribution in [0.15, 0.2) is 71.6 Å². The largest absolute Gasteiger partial charge is 0.497 e. The molecule has 3 aromatic rings. The zero-order valence-corrected chi connectivity index (χ0v) is 22.7. The van der Waals surface area contributed by atoms with Crippen molar-refractivity contribution >= 4 is 48.8 Å². The SMILES string of the molecule is COc1ccc(NS(=O)(=O)c2ccc(NC(=O)CN(c3cccc(C(C)=O)c3)S(C)(=O)=O)cc2)c(OC)c1. The number of sulfonamides is 2. The molecule has 0 saturated heterocycles. The highest BCUT2D eigenvalue weighted by atomic mass is 32.2. The summed E-state index contributed by atoms with van der Waals surface area (Å²) < 4.78 is 64.1. The maximum Gasteiger partial charge on any atom is 0.262 e. The molecule has 3 aromatic carbocycles. The van der Waals surface area contributed by atoms with Gasteiger partial charge in [0.05, 0.1) is 36.7 Å². The summed E-state index contributed by atoms with van der Waals surface area (Å²) in [6, 6.07) is 15.9. The number of benzene rings is 3. The van der Waals surface area contributed by atoms with Crippen LogP contribution in [0.25, 0.3) is 0 Å². The van der Waals surface area contributed by atoms with Crippen molar-refractivity contribution in [1.82, 2.24) is 0 Å². The van der Waals surface area contributed by atoms with Gasteiger partial charge in [-0.1, -0.05) is 12.1 Å². The standard InChI is InChI=1S/C25H27N3O8S2/c1-17(29)18-6-5-7-20(14-18)28(37(4,31)32)16-25(30)26-19-8-11-22(12-9-19)38(33,34)27-23-13-10-21(35-2)15-24(23)36-3/h5-15,27H,16H2,1-4H3,(H,26,30). The number of carbonyl (C=O) groups excluding carboxylic acids is 2. The number of Topliss-reactive ketones (excluding diaryl/α,β-unsaturated/α-hetero) is 1. The summed E-state index contributed by atoms with van der Waals surface area (Å²) in [7, 11) is -4.98. The van der Waals surface area contributed by atoms with Gasteiger partial charge < -0.3 is 14.8 Å². The molecular formula is C25H27N3O8S2. The zero-order chi connectivity index (χ0) is 28.1. The molecule has 2 N–H and O–H groups in total. The average molecular weight is 562 g/mol. The molecule has 0 fully saturated rings. The quantitative estimate of drug-likeness (QED) is 0.339. The highest BCUT2D eigenvalue weighted by molar-refractivity contribution is 7.92. The number of ether oxygens (including phenoxy) is 2. The number of amides is 1. The Kier molecular flexibility index (Phi) is 8.63. The first-order chi connectivity index (χ1) is 17.8. The second-order valence-electron chi connectivity index (χ2n) is 8.12. The molecular weight excluding hydrogens is 534 g/mol. The Labute approximate surface area is 221 Å². The molecule has 0 aliphatic carbocycles. The second-order valence-corrected chi connectivity index (χ2v) is 11.7. The minimum absolute atomic E-state index is 0.0767. The van der Waals surface area contributed by atoms with Crippen molar-refractivity contribution in [2.45, 2.75) is 11.8 Å². The third-order valence-electron chi connectivity index (χ3n) is 5.33. The zero-order valence-electron chi connectivity index (χ0n) is 21.1. The topological polar surface area (TPSA) is 148 Å². The number of nitrogens with zero attached hydrogens (tertiary/aromatic N) is 1. The lowest BCUT2D eigenvalue weighted by atomic mass is 10.1. The predicted octanol–water partition coefficient (Wildman–Crippen LogP) is 3.11. The first-order valence-corrected chi connectivity index (χ1v) is 14.4. The minimum Gasteiger partial charge on any atom is -0.497 e. The molecule has 0 aliphatic rings. The van der Waals surface area contributed by atoms with E-state index < -0.39 is 32.5 Å². The van der Waals surface area contributed by atoms with E-state index in [1.165, 1.54) is 75.7 Å². The van der Waals surface area contributed by atoms with Crippen molar-refractivity contribution in [2.24, 2.45) is 0 Å². The maximum absolute atomic E-state index is 12.9. The Hall–Kier alpha value is -4.10. The molecule has 1 amide bonds. The normalized spacial score (nSPS) is 11.4. The van der Waals surface area contributed by atoms with E-state index >= 15 is 0 Å². The first-order valence-electron chi connectivity index (χ1n) is 11.1. The van der Waals surface area contributed by atoms with Crippen LogP contribution in [0.4, 0.5) is 17.1 Å². The molecule has 0 bridgehead atoms. The lowest BCUT2D eigenvalue weighted by Gasteiger charge is -2.22. The minimum atomic E-state index is -3.99. The fraction of sp³-hybridized carbons (Fsp3) is 0.200. The first kappa shape index (κ1) is 28.5. The lowest BCUT2D eigenvalue weighted by molar-refractivity contribution is -0.114. The smallest absolute Gasteiger partial charge is 0.262 e. The van der Waals surface area contributed by atoms with Crippen LogP contribution in [0.5, 0.6) is 11.5 Å². The van der Waals surface area contributed by atoms with Crippen molar-refractivity contribution in [3.63, 3.8) is 0 Å². The molecule has 0 aliphatic heterocycles. The lowest BCUT2D eigenvalue weighted by Crippen LogP contribution is -2.37. The number of methoxy groups -OCH3 is 2. The van der Waals surface area contributed by atoms with Gasteiger partial charge in [0.15, 0.2) is 5.78 Å². The van der Waals surface area contributed by atoms with Gasteiger partial charge >= 0.3 is 0 Å². The molecule has 0 spiro atoms. The number of carbonyl (C=O) groups is 2. The predicted molar refractivity (Wildman–Crippen MR) is 144 cm³/mol. The molecule has 0 heterocycles. The molecule has 13 heteroatoms. The van der Waals surface area contributed by atoms with Crippen molar-refractivity contribution in [3.05, 3.63) is 72.3 Å². The summed E-state index contributed by atoms with van der Waals surface area (Å²) in [6.07, 6.45) is 0.950. The van der Waals surface area contributed by atoms with Gasteiger partial charge in [0, 0.05) is 17.3 Å². The van der Waals surface area contributed by atoms with E-state index in [2.05, 4.69) is 10.0 Å². The van der Waals surface area contributed by atoms with Gasteiger partial charge in [-0.15, -0.1) is 0 Å². The molecule has 3 rings (SSSR count). The number of hydrogen-bond donors (Lipinski definition) is 2. The molecule has 0 radical (unpaired) electrons. The van der Waals surface area contributed by atoms with Crippen LogP contribution < -0.4 is 23.8 Å². The summed E-state index contributed by atoms with van der Waals surface area (Å²) in [4.78, 5) is 24.3. The Morgan fingerprint density at radius 1 is 0.895 bits per heavy atom. The van der Waals surface area contributed by atoms with Crippen LogP contribution in [0.2, 0.25) is 0 Å². The summed E-state index contributed by atoms with van der Waals surface area (Å²) in [6.45, 7) is 0.794. The molecule has 0 unspecified atom stereocenters. The van der Waals surface area contributed by atoms with Gasteiger partial charge in [-0.2, -0.15) is 0 Å². The van der Waals surface area contributed by atoms with Crippen molar-refractivity contribution in [1.29, 1.82) is 0 Å². The molecule has 38 heavy (non-hydrogen) atoms. The van der Waals surface area contributed by atoms with Crippen LogP contribution in [0, 0.1) is 0 Å². The highest BCUT2D eigenvalue weighted by Crippen LogP contribution is 2.31. The van der Waals surface area contributed by atoms with E-state index in [1.54, 1.807) is 12.1 Å². The van der Waals surface area contributed by atoms with Gasteiger partial charge in [0.25, 0.3) is 10.0 Å². The van der Waals surface area contributed by atoms with Crippen LogP contribution >= 0.6 is 0 Å². The van der Waals surface area contributed by atoms with Crippen LogP contribution in [0.3, 0.4) is 0 Å². The Morgan fingerprint density at radius 3 is 2.16 bits per heavy atom. The van der Waals surface area contributed by atoms with E-state index in [-0.39, 0.29) is 33.5 Å². The van der Waals surface area contributed by atoms with Gasteiger partial charge in [-0.3, -0.25) is 18.6 Å². The number of ketones is 1. The summed E-state index contributed by atoms with van der Waals surface area (Å²) >= 11 is 0. The Balaban J connectivity index is 1.74. The number of anilines is 3. The second kappa shape index (κ2) is 11.5. The highest BCUT2D eigenvalue weighted by Gasteiger charge is 2.22. The Bertz CT molecular complexity index is 1550. The maximum atomic E-state index is 12.9. The summed E-state index contributed by atoms with van der Waals surface area (Å²) in [5.74, 6) is -0.160. The number of nitrogens with one attached hydrogen (secondary N) is 2. The van der Waals surface area contributed by atoms with Gasteiger partial charge in [0.1, 0.15) is 18.0 Å². The van der Waals surface area contributed by atoms with Crippen LogP contribution in [-0.2, 0) is 24.8 Å². The van der Waals surface area contributed by atoms with Gasteiger partial charge in [-0.05, 0) is 55.5 Å². The Morgan fingerprint density at radius 2 is 1.58 bits per heavy atom.